The minimum Gasteiger partial charge on any atom is -0.360 e. The lowest BCUT2D eigenvalue weighted by atomic mass is 9.99. The lowest BCUT2D eigenvalue weighted by Crippen LogP contribution is -2.44. The van der Waals surface area contributed by atoms with E-state index >= 15 is 0 Å². The molecule has 1 saturated heterocycles. The third-order valence-corrected chi connectivity index (χ3v) is 6.35. The third-order valence-electron chi connectivity index (χ3n) is 4.24. The van der Waals surface area contributed by atoms with Gasteiger partial charge in [0.05, 0.1) is 5.92 Å². The number of pyridine rings is 1. The van der Waals surface area contributed by atoms with Gasteiger partial charge in [-0.3, -0.25) is 4.79 Å². The van der Waals surface area contributed by atoms with Crippen LogP contribution in [0.5, 0.6) is 0 Å². The number of aromatic nitrogens is 2. The van der Waals surface area contributed by atoms with Crippen LogP contribution in [-0.2, 0) is 14.8 Å². The number of aryl methyl sites for hydroxylation is 2. The Kier molecular flexibility index (Phi) is 4.87. The second-order valence-corrected chi connectivity index (χ2v) is 7.93. The van der Waals surface area contributed by atoms with Crippen molar-refractivity contribution in [1.82, 2.24) is 14.4 Å². The lowest BCUT2D eigenvalue weighted by molar-refractivity contribution is -0.120. The Balaban J connectivity index is 1.76. The summed E-state index contributed by atoms with van der Waals surface area (Å²) < 4.78 is 32.1. The summed E-state index contributed by atoms with van der Waals surface area (Å²) in [7, 11) is -3.74. The molecule has 0 spiro atoms. The monoisotopic (exact) mass is 364 g/mol. The van der Waals surface area contributed by atoms with Gasteiger partial charge in [0.15, 0.2) is 5.76 Å². The molecule has 2 aromatic heterocycles. The largest absolute Gasteiger partial charge is 0.360 e. The summed E-state index contributed by atoms with van der Waals surface area (Å²) in [6.45, 7) is 3.67. The van der Waals surface area contributed by atoms with E-state index in [0.717, 1.165) is 0 Å². The molecule has 1 amide bonds. The maximum atomic E-state index is 12.9. The minimum atomic E-state index is -3.74. The van der Waals surface area contributed by atoms with Crippen LogP contribution in [0.25, 0.3) is 0 Å². The van der Waals surface area contributed by atoms with Crippen LogP contribution in [-0.4, -0.2) is 41.9 Å². The second kappa shape index (κ2) is 6.93. The van der Waals surface area contributed by atoms with Crippen LogP contribution >= 0.6 is 0 Å². The Morgan fingerprint density at radius 3 is 2.80 bits per heavy atom. The molecule has 1 atom stereocenters. The highest BCUT2D eigenvalue weighted by Gasteiger charge is 2.36. The Morgan fingerprint density at radius 1 is 1.36 bits per heavy atom. The first-order valence-electron chi connectivity index (χ1n) is 8.04. The van der Waals surface area contributed by atoms with Crippen molar-refractivity contribution in [2.45, 2.75) is 31.6 Å². The van der Waals surface area contributed by atoms with Crippen LogP contribution in [0.15, 0.2) is 33.8 Å². The molecule has 8 nitrogen and oxygen atoms in total. The highest BCUT2D eigenvalue weighted by Crippen LogP contribution is 2.28. The van der Waals surface area contributed by atoms with E-state index in [1.54, 1.807) is 38.2 Å². The lowest BCUT2D eigenvalue weighted by Gasteiger charge is -2.31. The van der Waals surface area contributed by atoms with Crippen molar-refractivity contribution in [3.63, 3.8) is 0 Å². The van der Waals surface area contributed by atoms with Gasteiger partial charge in [-0.15, -0.1) is 0 Å². The fourth-order valence-electron chi connectivity index (χ4n) is 3.01. The fourth-order valence-corrected chi connectivity index (χ4v) is 4.83. The van der Waals surface area contributed by atoms with Crippen LogP contribution in [0.3, 0.4) is 0 Å². The number of nitrogens with zero attached hydrogens (tertiary/aromatic N) is 3. The molecule has 134 valence electrons. The van der Waals surface area contributed by atoms with Gasteiger partial charge in [0, 0.05) is 19.3 Å². The van der Waals surface area contributed by atoms with Gasteiger partial charge >= 0.3 is 0 Å². The molecule has 0 saturated carbocycles. The molecule has 2 aromatic rings. The van der Waals surface area contributed by atoms with E-state index in [-0.39, 0.29) is 23.1 Å². The number of rotatable bonds is 4. The van der Waals surface area contributed by atoms with Gasteiger partial charge in [0.25, 0.3) is 0 Å². The molecule has 1 N–H and O–H groups in total. The van der Waals surface area contributed by atoms with E-state index in [9.17, 15) is 13.2 Å². The van der Waals surface area contributed by atoms with Gasteiger partial charge in [0.1, 0.15) is 16.4 Å². The molecule has 1 aliphatic rings. The van der Waals surface area contributed by atoms with Crippen molar-refractivity contribution in [3.8, 4) is 0 Å². The minimum absolute atomic E-state index is 0.0956. The van der Waals surface area contributed by atoms with Gasteiger partial charge in [-0.2, -0.15) is 4.31 Å². The van der Waals surface area contributed by atoms with Crippen molar-refractivity contribution in [2.75, 3.05) is 18.4 Å². The number of nitrogens with one attached hydrogen (secondary N) is 1. The van der Waals surface area contributed by atoms with E-state index in [1.165, 1.54) is 4.31 Å². The average Bonchev–Trinajstić information content (AvgIpc) is 2.95. The first-order valence-corrected chi connectivity index (χ1v) is 9.48. The summed E-state index contributed by atoms with van der Waals surface area (Å²) in [5.74, 6) is 0.0686. The SMILES string of the molecule is Cc1noc(C)c1S(=O)(=O)N1CCC[C@@H](C(=O)Nc2ccccn2)C1. The van der Waals surface area contributed by atoms with E-state index in [2.05, 4.69) is 15.5 Å². The topological polar surface area (TPSA) is 105 Å². The Hall–Kier alpha value is -2.26. The van der Waals surface area contributed by atoms with Gasteiger partial charge in [0.2, 0.25) is 15.9 Å². The number of piperidine rings is 1. The van der Waals surface area contributed by atoms with E-state index in [1.807, 2.05) is 0 Å². The van der Waals surface area contributed by atoms with Crippen molar-refractivity contribution < 1.29 is 17.7 Å². The Labute approximate surface area is 146 Å². The number of hydrogen-bond acceptors (Lipinski definition) is 6. The average molecular weight is 364 g/mol. The number of anilines is 1. The molecule has 0 radical (unpaired) electrons. The van der Waals surface area contributed by atoms with Crippen LogP contribution in [0.2, 0.25) is 0 Å². The molecular formula is C16H20N4O4S. The predicted molar refractivity (Wildman–Crippen MR) is 90.3 cm³/mol. The zero-order valence-corrected chi connectivity index (χ0v) is 14.9. The fraction of sp³-hybridized carbons (Fsp3) is 0.438. The number of amides is 1. The zero-order valence-electron chi connectivity index (χ0n) is 14.1. The summed E-state index contributed by atoms with van der Waals surface area (Å²) in [5, 5.41) is 6.46. The maximum absolute atomic E-state index is 12.9. The van der Waals surface area contributed by atoms with Crippen LogP contribution in [0.1, 0.15) is 24.3 Å². The first kappa shape index (κ1) is 17.6. The van der Waals surface area contributed by atoms with Crippen molar-refractivity contribution in [3.05, 3.63) is 35.9 Å². The van der Waals surface area contributed by atoms with Gasteiger partial charge in [-0.25, -0.2) is 13.4 Å². The van der Waals surface area contributed by atoms with Gasteiger partial charge in [-0.1, -0.05) is 11.2 Å². The molecule has 3 rings (SSSR count). The van der Waals surface area contributed by atoms with E-state index in [4.69, 9.17) is 4.52 Å². The summed E-state index contributed by atoms with van der Waals surface area (Å²) in [6, 6.07) is 5.23. The molecule has 0 aromatic carbocycles. The maximum Gasteiger partial charge on any atom is 0.248 e. The number of sulfonamides is 1. The number of carbonyl (C=O) groups is 1. The molecule has 0 aliphatic carbocycles. The summed E-state index contributed by atoms with van der Waals surface area (Å²) in [6.07, 6.45) is 2.83. The Bertz CT molecular complexity index is 844. The molecule has 0 unspecified atom stereocenters. The van der Waals surface area contributed by atoms with Gasteiger partial charge < -0.3 is 9.84 Å². The van der Waals surface area contributed by atoms with E-state index in [0.29, 0.717) is 30.9 Å². The van der Waals surface area contributed by atoms with Crippen molar-refractivity contribution in [1.29, 1.82) is 0 Å². The highest BCUT2D eigenvalue weighted by molar-refractivity contribution is 7.89. The molecule has 3 heterocycles. The second-order valence-electron chi connectivity index (χ2n) is 6.06. The molecule has 1 fully saturated rings. The summed E-state index contributed by atoms with van der Waals surface area (Å²) >= 11 is 0. The van der Waals surface area contributed by atoms with E-state index < -0.39 is 15.9 Å². The molecule has 25 heavy (non-hydrogen) atoms. The quantitative estimate of drug-likeness (QED) is 0.886. The third kappa shape index (κ3) is 3.57. The van der Waals surface area contributed by atoms with Crippen LogP contribution < -0.4 is 5.32 Å². The number of carbonyl (C=O) groups excluding carboxylic acids is 1. The predicted octanol–water partition coefficient (Wildman–Crippen LogP) is 1.73. The highest BCUT2D eigenvalue weighted by atomic mass is 32.2. The van der Waals surface area contributed by atoms with Gasteiger partial charge in [-0.05, 0) is 38.8 Å². The summed E-state index contributed by atoms with van der Waals surface area (Å²) in [4.78, 5) is 16.6. The smallest absolute Gasteiger partial charge is 0.248 e. The molecular weight excluding hydrogens is 344 g/mol. The summed E-state index contributed by atoms with van der Waals surface area (Å²) in [5.41, 5.74) is 0.331. The first-order chi connectivity index (χ1) is 11.9. The van der Waals surface area contributed by atoms with Crippen LogP contribution in [0.4, 0.5) is 5.82 Å². The zero-order chi connectivity index (χ0) is 18.0. The normalized spacial score (nSPS) is 18.9. The Morgan fingerprint density at radius 2 is 2.16 bits per heavy atom. The standard InChI is InChI=1S/C16H20N4O4S/c1-11-15(12(2)24-19-11)25(22,23)20-9-5-6-13(10-20)16(21)18-14-7-3-4-8-17-14/h3-4,7-8,13H,5-6,9-10H2,1-2H3,(H,17,18,21)/t13-/m1/s1. The molecule has 9 heteroatoms. The van der Waals surface area contributed by atoms with Crippen molar-refractivity contribution >= 4 is 21.7 Å². The molecule has 0 bridgehead atoms. The van der Waals surface area contributed by atoms with Crippen molar-refractivity contribution in [2.24, 2.45) is 5.92 Å². The van der Waals surface area contributed by atoms with Crippen LogP contribution in [0, 0.1) is 19.8 Å². The molecule has 1 aliphatic heterocycles. The number of hydrogen-bond donors (Lipinski definition) is 1.